The lowest BCUT2D eigenvalue weighted by atomic mass is 10.1. The fourth-order valence-electron chi connectivity index (χ4n) is 1.58. The van der Waals surface area contributed by atoms with Crippen LogP contribution in [-0.2, 0) is 0 Å². The van der Waals surface area contributed by atoms with Gasteiger partial charge < -0.3 is 9.73 Å². The molecule has 0 saturated carbocycles. The van der Waals surface area contributed by atoms with Crippen molar-refractivity contribution in [3.63, 3.8) is 0 Å². The third-order valence-corrected chi connectivity index (χ3v) is 2.46. The van der Waals surface area contributed by atoms with Gasteiger partial charge in [0.1, 0.15) is 5.82 Å². The molecule has 17 heavy (non-hydrogen) atoms. The molecule has 1 aromatic carbocycles. The molecule has 0 saturated heterocycles. The molecule has 0 radical (unpaired) electrons. The highest BCUT2D eigenvalue weighted by Gasteiger charge is 2.15. The third kappa shape index (κ3) is 2.53. The zero-order valence-electron chi connectivity index (χ0n) is 9.31. The highest BCUT2D eigenvalue weighted by atomic mass is 19.1. The number of carbonyl (C=O) groups is 1. The summed E-state index contributed by atoms with van der Waals surface area (Å²) in [5, 5.41) is 2.67. The second kappa shape index (κ2) is 4.82. The molecule has 1 atom stereocenters. The van der Waals surface area contributed by atoms with Crippen molar-refractivity contribution in [1.29, 1.82) is 0 Å². The van der Waals surface area contributed by atoms with E-state index in [9.17, 15) is 9.18 Å². The lowest BCUT2D eigenvalue weighted by Crippen LogP contribution is -2.26. The van der Waals surface area contributed by atoms with Crippen molar-refractivity contribution in [2.75, 3.05) is 0 Å². The van der Waals surface area contributed by atoms with Gasteiger partial charge in [-0.25, -0.2) is 4.39 Å². The number of nitrogens with one attached hydrogen (secondary N) is 1. The van der Waals surface area contributed by atoms with E-state index >= 15 is 0 Å². The summed E-state index contributed by atoms with van der Waals surface area (Å²) in [6, 6.07) is 9.13. The van der Waals surface area contributed by atoms with E-state index in [2.05, 4.69) is 5.32 Å². The van der Waals surface area contributed by atoms with Crippen molar-refractivity contribution < 1.29 is 13.6 Å². The van der Waals surface area contributed by atoms with E-state index in [1.165, 1.54) is 12.3 Å². The van der Waals surface area contributed by atoms with Gasteiger partial charge in [-0.2, -0.15) is 0 Å². The van der Waals surface area contributed by atoms with Crippen molar-refractivity contribution in [2.24, 2.45) is 0 Å². The Morgan fingerprint density at radius 1 is 1.29 bits per heavy atom. The Morgan fingerprint density at radius 2 is 2.06 bits per heavy atom. The quantitative estimate of drug-likeness (QED) is 0.885. The first-order valence-electron chi connectivity index (χ1n) is 5.27. The molecule has 1 aromatic heterocycles. The zero-order chi connectivity index (χ0) is 12.3. The number of carbonyl (C=O) groups excluding carboxylic acids is 1. The number of benzene rings is 1. The van der Waals surface area contributed by atoms with Gasteiger partial charge in [-0.3, -0.25) is 4.79 Å². The van der Waals surface area contributed by atoms with E-state index < -0.39 is 6.04 Å². The van der Waals surface area contributed by atoms with Crippen LogP contribution < -0.4 is 5.32 Å². The molecule has 4 heteroatoms. The van der Waals surface area contributed by atoms with Gasteiger partial charge in [0.2, 0.25) is 0 Å². The highest BCUT2D eigenvalue weighted by Crippen LogP contribution is 2.16. The molecule has 2 aromatic rings. The van der Waals surface area contributed by atoms with Gasteiger partial charge in [0.25, 0.3) is 5.91 Å². The van der Waals surface area contributed by atoms with E-state index in [1.54, 1.807) is 37.3 Å². The summed E-state index contributed by atoms with van der Waals surface area (Å²) in [6.45, 7) is 1.72. The maximum atomic E-state index is 13.5. The van der Waals surface area contributed by atoms with Crippen molar-refractivity contribution in [3.05, 3.63) is 59.8 Å². The van der Waals surface area contributed by atoms with Crippen LogP contribution in [0, 0.1) is 5.82 Å². The molecule has 1 heterocycles. The van der Waals surface area contributed by atoms with Gasteiger partial charge in [-0.15, -0.1) is 0 Å². The summed E-state index contributed by atoms with van der Waals surface area (Å²) in [4.78, 5) is 11.7. The smallest absolute Gasteiger partial charge is 0.287 e. The van der Waals surface area contributed by atoms with Gasteiger partial charge in [0.15, 0.2) is 5.76 Å². The number of hydrogen-bond acceptors (Lipinski definition) is 2. The van der Waals surface area contributed by atoms with E-state index in [0.29, 0.717) is 5.56 Å². The van der Waals surface area contributed by atoms with Gasteiger partial charge in [-0.05, 0) is 25.1 Å². The van der Waals surface area contributed by atoms with Crippen LogP contribution in [0.3, 0.4) is 0 Å². The van der Waals surface area contributed by atoms with Gasteiger partial charge in [0, 0.05) is 5.56 Å². The minimum absolute atomic E-state index is 0.216. The number of furan rings is 1. The fraction of sp³-hybridized carbons (Fsp3) is 0.154. The topological polar surface area (TPSA) is 42.2 Å². The molecule has 0 bridgehead atoms. The molecule has 1 N–H and O–H groups in total. The third-order valence-electron chi connectivity index (χ3n) is 2.46. The van der Waals surface area contributed by atoms with Crippen molar-refractivity contribution >= 4 is 5.91 Å². The van der Waals surface area contributed by atoms with Gasteiger partial charge in [0.05, 0.1) is 12.3 Å². The van der Waals surface area contributed by atoms with E-state index in [4.69, 9.17) is 4.42 Å². The standard InChI is InChI=1S/C13H12FNO2/c1-9(10-5-2-3-6-11(10)14)15-13(16)12-7-4-8-17-12/h2-9H,1H3,(H,15,16)/t9-/m0/s1. The van der Waals surface area contributed by atoms with Crippen LogP contribution in [0.25, 0.3) is 0 Å². The summed E-state index contributed by atoms with van der Waals surface area (Å²) in [5.41, 5.74) is 0.451. The molecule has 0 aliphatic carbocycles. The monoisotopic (exact) mass is 233 g/mol. The summed E-state index contributed by atoms with van der Waals surface area (Å²) >= 11 is 0. The first kappa shape index (κ1) is 11.4. The molecule has 0 unspecified atom stereocenters. The molecule has 2 rings (SSSR count). The molecule has 0 aliphatic rings. The normalized spacial score (nSPS) is 12.1. The summed E-state index contributed by atoms with van der Waals surface area (Å²) in [5.74, 6) is -0.473. The molecule has 1 amide bonds. The molecule has 88 valence electrons. The summed E-state index contributed by atoms with van der Waals surface area (Å²) in [7, 11) is 0. The van der Waals surface area contributed by atoms with E-state index in [-0.39, 0.29) is 17.5 Å². The average molecular weight is 233 g/mol. The number of hydrogen-bond donors (Lipinski definition) is 1. The van der Waals surface area contributed by atoms with Gasteiger partial charge >= 0.3 is 0 Å². The average Bonchev–Trinajstić information content (AvgIpc) is 2.82. The number of amides is 1. The van der Waals surface area contributed by atoms with Crippen LogP contribution in [0.5, 0.6) is 0 Å². The fourth-order valence-corrected chi connectivity index (χ4v) is 1.58. The van der Waals surface area contributed by atoms with Crippen LogP contribution in [0.4, 0.5) is 4.39 Å². The Balaban J connectivity index is 2.10. The Labute approximate surface area is 98.3 Å². The summed E-state index contributed by atoms with van der Waals surface area (Å²) in [6.07, 6.45) is 1.42. The van der Waals surface area contributed by atoms with Crippen LogP contribution in [0.15, 0.2) is 47.1 Å². The Hall–Kier alpha value is -2.10. The molecule has 3 nitrogen and oxygen atoms in total. The highest BCUT2D eigenvalue weighted by molar-refractivity contribution is 5.91. The Morgan fingerprint density at radius 3 is 2.71 bits per heavy atom. The number of rotatable bonds is 3. The first-order valence-corrected chi connectivity index (χ1v) is 5.27. The van der Waals surface area contributed by atoms with Crippen LogP contribution in [-0.4, -0.2) is 5.91 Å². The second-order valence-corrected chi connectivity index (χ2v) is 3.69. The maximum Gasteiger partial charge on any atom is 0.287 e. The first-order chi connectivity index (χ1) is 8.18. The molecular weight excluding hydrogens is 221 g/mol. The maximum absolute atomic E-state index is 13.5. The predicted molar refractivity (Wildman–Crippen MR) is 61.0 cm³/mol. The second-order valence-electron chi connectivity index (χ2n) is 3.69. The summed E-state index contributed by atoms with van der Waals surface area (Å²) < 4.78 is 18.4. The molecule has 0 spiro atoms. The molecule has 0 aliphatic heterocycles. The lowest BCUT2D eigenvalue weighted by molar-refractivity contribution is 0.0911. The molecular formula is C13H12FNO2. The van der Waals surface area contributed by atoms with Gasteiger partial charge in [-0.1, -0.05) is 18.2 Å². The Kier molecular flexibility index (Phi) is 3.23. The predicted octanol–water partition coefficient (Wildman–Crippen LogP) is 2.91. The number of halogens is 1. The van der Waals surface area contributed by atoms with Crippen molar-refractivity contribution in [2.45, 2.75) is 13.0 Å². The van der Waals surface area contributed by atoms with Crippen LogP contribution in [0.2, 0.25) is 0 Å². The van der Waals surface area contributed by atoms with Crippen molar-refractivity contribution in [3.8, 4) is 0 Å². The largest absolute Gasteiger partial charge is 0.459 e. The Bertz CT molecular complexity index is 508. The van der Waals surface area contributed by atoms with E-state index in [0.717, 1.165) is 0 Å². The minimum Gasteiger partial charge on any atom is -0.459 e. The SMILES string of the molecule is C[C@H](NC(=O)c1ccco1)c1ccccc1F. The van der Waals surface area contributed by atoms with E-state index in [1.807, 2.05) is 0 Å². The van der Waals surface area contributed by atoms with Crippen LogP contribution in [0.1, 0.15) is 29.1 Å². The van der Waals surface area contributed by atoms with Crippen molar-refractivity contribution in [1.82, 2.24) is 5.32 Å². The molecule has 0 fully saturated rings. The zero-order valence-corrected chi connectivity index (χ0v) is 9.31. The minimum atomic E-state index is -0.409. The van der Waals surface area contributed by atoms with Crippen LogP contribution >= 0.6 is 0 Å². The lowest BCUT2D eigenvalue weighted by Gasteiger charge is -2.13.